The molecule has 1 aromatic heterocycles. The van der Waals surface area contributed by atoms with E-state index in [2.05, 4.69) is 25.8 Å². The van der Waals surface area contributed by atoms with Gasteiger partial charge in [-0.05, 0) is 45.8 Å². The fraction of sp³-hybridized carbons (Fsp3) is 0.0625. The van der Waals surface area contributed by atoms with E-state index >= 15 is 0 Å². The van der Waals surface area contributed by atoms with Gasteiger partial charge in [0.05, 0.1) is 20.8 Å². The molecule has 1 N–H and O–H groups in total. The first-order valence-corrected chi connectivity index (χ1v) is 10.6. The molecule has 28 heavy (non-hydrogen) atoms. The molecule has 1 heterocycles. The van der Waals surface area contributed by atoms with Gasteiger partial charge in [-0.25, -0.2) is 8.42 Å². The van der Waals surface area contributed by atoms with E-state index in [1.54, 1.807) is 24.4 Å². The average molecular weight is 506 g/mol. The Labute approximate surface area is 178 Å². The summed E-state index contributed by atoms with van der Waals surface area (Å²) < 4.78 is 29.3. The van der Waals surface area contributed by atoms with Crippen molar-refractivity contribution in [3.63, 3.8) is 0 Å². The van der Waals surface area contributed by atoms with Gasteiger partial charge in [-0.1, -0.05) is 29.3 Å². The van der Waals surface area contributed by atoms with Gasteiger partial charge < -0.3 is 0 Å². The molecule has 8 nitrogen and oxygen atoms in total. The molecule has 0 bridgehead atoms. The van der Waals surface area contributed by atoms with Gasteiger partial charge in [0.2, 0.25) is 0 Å². The van der Waals surface area contributed by atoms with Crippen molar-refractivity contribution in [2.24, 2.45) is 0 Å². The van der Waals surface area contributed by atoms with Gasteiger partial charge >= 0.3 is 0 Å². The Kier molecular flexibility index (Phi) is 5.94. The molecule has 3 aromatic rings. The first kappa shape index (κ1) is 20.6. The maximum absolute atomic E-state index is 12.5. The van der Waals surface area contributed by atoms with E-state index < -0.39 is 14.9 Å². The topological polar surface area (TPSA) is 107 Å². The number of nitrogens with one attached hydrogen (secondary N) is 1. The Bertz CT molecular complexity index is 1150. The summed E-state index contributed by atoms with van der Waals surface area (Å²) >= 11 is 15.3. The number of sulfonamides is 1. The highest BCUT2D eigenvalue weighted by Gasteiger charge is 2.19. The number of rotatable bonds is 6. The van der Waals surface area contributed by atoms with Crippen molar-refractivity contribution in [1.82, 2.24) is 9.78 Å². The molecule has 0 unspecified atom stereocenters. The molecule has 3 rings (SSSR count). The summed E-state index contributed by atoms with van der Waals surface area (Å²) in [5.41, 5.74) is 0.551. The Morgan fingerprint density at radius 2 is 1.86 bits per heavy atom. The van der Waals surface area contributed by atoms with Crippen LogP contribution in [0.4, 0.5) is 11.5 Å². The first-order chi connectivity index (χ1) is 13.2. The number of aromatic nitrogens is 2. The molecule has 0 saturated carbocycles. The fourth-order valence-corrected chi connectivity index (χ4v) is 4.34. The molecular weight excluding hydrogens is 495 g/mol. The standard InChI is InChI=1S/C16H11BrCl2N4O4S/c17-14-9-22(8-10-1-2-11(18)7-15(10)19)20-16(14)21-28(26,27)13-5-3-12(4-6-13)23(24)25/h1-7,9H,8H2,(H,20,21). The fourth-order valence-electron chi connectivity index (χ4n) is 2.30. The number of hydrogen-bond acceptors (Lipinski definition) is 5. The molecular formula is C16H11BrCl2N4O4S. The number of halogens is 3. The van der Waals surface area contributed by atoms with Gasteiger partial charge in [-0.15, -0.1) is 0 Å². The summed E-state index contributed by atoms with van der Waals surface area (Å²) in [6, 6.07) is 9.59. The molecule has 0 aliphatic carbocycles. The SMILES string of the molecule is O=[N+]([O-])c1ccc(S(=O)(=O)Nc2nn(Cc3ccc(Cl)cc3Cl)cc2Br)cc1. The number of nitro benzene ring substituents is 1. The number of anilines is 1. The van der Waals surface area contributed by atoms with Crippen molar-refractivity contribution in [1.29, 1.82) is 0 Å². The van der Waals surface area contributed by atoms with Crippen LogP contribution < -0.4 is 4.72 Å². The van der Waals surface area contributed by atoms with E-state index in [9.17, 15) is 18.5 Å². The van der Waals surface area contributed by atoms with E-state index in [1.807, 2.05) is 0 Å². The highest BCUT2D eigenvalue weighted by atomic mass is 79.9. The highest BCUT2D eigenvalue weighted by molar-refractivity contribution is 9.10. The van der Waals surface area contributed by atoms with Crippen molar-refractivity contribution in [2.45, 2.75) is 11.4 Å². The molecule has 146 valence electrons. The second kappa shape index (κ2) is 8.08. The molecule has 12 heteroatoms. The van der Waals surface area contributed by atoms with Gasteiger partial charge in [0.25, 0.3) is 15.7 Å². The van der Waals surface area contributed by atoms with Crippen LogP contribution in [-0.4, -0.2) is 23.1 Å². The maximum Gasteiger partial charge on any atom is 0.269 e. The van der Waals surface area contributed by atoms with Crippen LogP contribution in [0.25, 0.3) is 0 Å². The van der Waals surface area contributed by atoms with E-state index in [-0.39, 0.29) is 16.4 Å². The van der Waals surface area contributed by atoms with Crippen LogP contribution in [0.15, 0.2) is 58.0 Å². The number of nitrogens with zero attached hydrogens (tertiary/aromatic N) is 3. The van der Waals surface area contributed by atoms with Crippen LogP contribution in [0.1, 0.15) is 5.56 Å². The Morgan fingerprint density at radius 1 is 1.18 bits per heavy atom. The molecule has 0 fully saturated rings. The second-order valence-electron chi connectivity index (χ2n) is 5.62. The van der Waals surface area contributed by atoms with Gasteiger partial charge in [0, 0.05) is 28.4 Å². The van der Waals surface area contributed by atoms with Crippen molar-refractivity contribution in [3.8, 4) is 0 Å². The predicted molar refractivity (Wildman–Crippen MR) is 109 cm³/mol. The predicted octanol–water partition coefficient (Wildman–Crippen LogP) is 4.71. The lowest BCUT2D eigenvalue weighted by atomic mass is 10.2. The maximum atomic E-state index is 12.5. The van der Waals surface area contributed by atoms with Crippen LogP contribution in [0.2, 0.25) is 10.0 Å². The third-order valence-corrected chi connectivity index (χ3v) is 6.18. The summed E-state index contributed by atoms with van der Waals surface area (Å²) in [6.07, 6.45) is 1.60. The van der Waals surface area contributed by atoms with Gasteiger partial charge in [-0.2, -0.15) is 5.10 Å². The molecule has 0 atom stereocenters. The van der Waals surface area contributed by atoms with Crippen LogP contribution in [0.3, 0.4) is 0 Å². The van der Waals surface area contributed by atoms with Crippen LogP contribution in [-0.2, 0) is 16.6 Å². The molecule has 0 aliphatic heterocycles. The number of nitro groups is 1. The summed E-state index contributed by atoms with van der Waals surface area (Å²) in [5.74, 6) is 0.0726. The Balaban J connectivity index is 1.81. The Hall–Kier alpha value is -2.14. The molecule has 0 spiro atoms. The zero-order valence-corrected chi connectivity index (χ0v) is 17.8. The minimum absolute atomic E-state index is 0.0726. The van der Waals surface area contributed by atoms with Gasteiger partial charge in [0.15, 0.2) is 5.82 Å². The van der Waals surface area contributed by atoms with Crippen molar-refractivity contribution < 1.29 is 13.3 Å². The summed E-state index contributed by atoms with van der Waals surface area (Å²) in [4.78, 5) is 9.97. The van der Waals surface area contributed by atoms with E-state index in [0.29, 0.717) is 21.1 Å². The third kappa shape index (κ3) is 4.64. The highest BCUT2D eigenvalue weighted by Crippen LogP contribution is 2.26. The van der Waals surface area contributed by atoms with Crippen LogP contribution in [0.5, 0.6) is 0 Å². The monoisotopic (exact) mass is 504 g/mol. The van der Waals surface area contributed by atoms with Crippen LogP contribution >= 0.6 is 39.1 Å². The molecule has 2 aromatic carbocycles. The molecule has 0 aliphatic rings. The molecule has 0 radical (unpaired) electrons. The van der Waals surface area contributed by atoms with Gasteiger partial charge in [0.1, 0.15) is 0 Å². The van der Waals surface area contributed by atoms with Crippen molar-refractivity contribution >= 4 is 60.7 Å². The number of benzene rings is 2. The minimum Gasteiger partial charge on any atom is -0.265 e. The van der Waals surface area contributed by atoms with E-state index in [0.717, 1.165) is 29.8 Å². The lowest BCUT2D eigenvalue weighted by Gasteiger charge is -2.07. The number of non-ortho nitro benzene ring substituents is 1. The Morgan fingerprint density at radius 3 is 2.46 bits per heavy atom. The van der Waals surface area contributed by atoms with Crippen molar-refractivity contribution in [2.75, 3.05) is 4.72 Å². The summed E-state index contributed by atoms with van der Waals surface area (Å²) in [7, 11) is -3.97. The average Bonchev–Trinajstić information content (AvgIpc) is 2.96. The largest absolute Gasteiger partial charge is 0.269 e. The van der Waals surface area contributed by atoms with Crippen LogP contribution in [0, 0.1) is 10.1 Å². The molecule has 0 amide bonds. The quantitative estimate of drug-likeness (QED) is 0.385. The van der Waals surface area contributed by atoms with E-state index in [4.69, 9.17) is 23.2 Å². The number of hydrogen-bond donors (Lipinski definition) is 1. The van der Waals surface area contributed by atoms with Crippen molar-refractivity contribution in [3.05, 3.63) is 78.9 Å². The second-order valence-corrected chi connectivity index (χ2v) is 9.00. The summed E-state index contributed by atoms with van der Waals surface area (Å²) in [6.45, 7) is 0.299. The van der Waals surface area contributed by atoms with E-state index in [1.165, 1.54) is 4.68 Å². The first-order valence-electron chi connectivity index (χ1n) is 7.60. The lowest BCUT2D eigenvalue weighted by Crippen LogP contribution is -2.14. The molecule has 0 saturated heterocycles. The zero-order chi connectivity index (χ0) is 20.5. The smallest absolute Gasteiger partial charge is 0.265 e. The van der Waals surface area contributed by atoms with Gasteiger partial charge in [-0.3, -0.25) is 19.5 Å². The summed E-state index contributed by atoms with van der Waals surface area (Å²) in [5, 5.41) is 15.9. The third-order valence-electron chi connectivity index (χ3n) is 3.65. The zero-order valence-electron chi connectivity index (χ0n) is 13.8. The normalized spacial score (nSPS) is 11.4. The minimum atomic E-state index is -3.97. The lowest BCUT2D eigenvalue weighted by molar-refractivity contribution is -0.384.